The molecule has 9 nitrogen and oxygen atoms in total. The fourth-order valence-corrected chi connectivity index (χ4v) is 2.36. The number of pyridine rings is 1. The summed E-state index contributed by atoms with van der Waals surface area (Å²) >= 11 is 0. The van der Waals surface area contributed by atoms with E-state index in [4.69, 9.17) is 5.73 Å². The Balaban J connectivity index is 1.67. The van der Waals surface area contributed by atoms with Gasteiger partial charge in [0.2, 0.25) is 0 Å². The molecule has 0 saturated carbocycles. The molecule has 27 heavy (non-hydrogen) atoms. The molecule has 0 aliphatic rings. The van der Waals surface area contributed by atoms with Crippen molar-refractivity contribution in [3.8, 4) is 16.9 Å². The van der Waals surface area contributed by atoms with Gasteiger partial charge in [-0.25, -0.2) is 9.37 Å². The second-order valence-corrected chi connectivity index (χ2v) is 5.87. The van der Waals surface area contributed by atoms with Gasteiger partial charge in [0.05, 0.1) is 18.5 Å². The third-order valence-electron chi connectivity index (χ3n) is 3.70. The number of nitrogens with two attached hydrogens (primary N) is 1. The standard InChI is InChI=1S/C17H19FN8O/c1-11(19)20-8-14(27)9-21-13-3-4-15(16(18)6-13)12-2-5-17(22-7-12)26-10-23-24-25-26/h2-7,10,14,21,27H,8-9H2,1H3,(H2,19,20)/t14-/m0/s1. The lowest BCUT2D eigenvalue weighted by Crippen LogP contribution is -2.23. The maximum Gasteiger partial charge on any atom is 0.156 e. The summed E-state index contributed by atoms with van der Waals surface area (Å²) in [5.74, 6) is 0.540. The van der Waals surface area contributed by atoms with E-state index < -0.39 is 11.9 Å². The summed E-state index contributed by atoms with van der Waals surface area (Å²) in [7, 11) is 0. The highest BCUT2D eigenvalue weighted by molar-refractivity contribution is 5.77. The van der Waals surface area contributed by atoms with E-state index in [1.807, 2.05) is 0 Å². The summed E-state index contributed by atoms with van der Waals surface area (Å²) in [5.41, 5.74) is 7.03. The molecule has 0 bridgehead atoms. The van der Waals surface area contributed by atoms with Crippen molar-refractivity contribution in [2.24, 2.45) is 10.7 Å². The molecule has 0 spiro atoms. The van der Waals surface area contributed by atoms with Crippen LogP contribution in [0.15, 0.2) is 47.8 Å². The molecule has 1 aromatic carbocycles. The summed E-state index contributed by atoms with van der Waals surface area (Å²) in [6.45, 7) is 2.07. The Labute approximate surface area is 154 Å². The van der Waals surface area contributed by atoms with Gasteiger partial charge in [0.25, 0.3) is 0 Å². The van der Waals surface area contributed by atoms with Crippen LogP contribution in [0.2, 0.25) is 0 Å². The Hall–Kier alpha value is -3.40. The highest BCUT2D eigenvalue weighted by atomic mass is 19.1. The number of rotatable bonds is 7. The van der Waals surface area contributed by atoms with E-state index >= 15 is 0 Å². The van der Waals surface area contributed by atoms with E-state index in [-0.39, 0.29) is 13.1 Å². The van der Waals surface area contributed by atoms with Crippen molar-refractivity contribution < 1.29 is 9.50 Å². The molecular weight excluding hydrogens is 351 g/mol. The first-order chi connectivity index (χ1) is 13.0. The molecule has 2 aromatic heterocycles. The van der Waals surface area contributed by atoms with Crippen LogP contribution in [0.3, 0.4) is 0 Å². The van der Waals surface area contributed by atoms with Crippen LogP contribution >= 0.6 is 0 Å². The van der Waals surface area contributed by atoms with E-state index in [1.54, 1.807) is 37.4 Å². The van der Waals surface area contributed by atoms with Crippen LogP contribution in [0.25, 0.3) is 16.9 Å². The third kappa shape index (κ3) is 4.82. The Morgan fingerprint density at radius 1 is 1.37 bits per heavy atom. The number of nitrogens with zero attached hydrogens (tertiary/aromatic N) is 6. The number of aliphatic hydroxyl groups is 1. The molecular formula is C17H19FN8O. The minimum Gasteiger partial charge on any atom is -0.389 e. The van der Waals surface area contributed by atoms with Crippen LogP contribution in [0.4, 0.5) is 10.1 Å². The van der Waals surface area contributed by atoms with Gasteiger partial charge in [0.15, 0.2) is 5.82 Å². The normalized spacial score (nSPS) is 12.8. The molecule has 3 rings (SSSR count). The number of hydrogen-bond acceptors (Lipinski definition) is 7. The molecule has 0 radical (unpaired) electrons. The van der Waals surface area contributed by atoms with Gasteiger partial charge >= 0.3 is 0 Å². The summed E-state index contributed by atoms with van der Waals surface area (Å²) in [6.07, 6.45) is 2.27. The van der Waals surface area contributed by atoms with Gasteiger partial charge in [-0.2, -0.15) is 4.68 Å². The maximum atomic E-state index is 14.5. The van der Waals surface area contributed by atoms with E-state index in [0.29, 0.717) is 28.5 Å². The first kappa shape index (κ1) is 18.4. The van der Waals surface area contributed by atoms with Crippen LogP contribution in [0, 0.1) is 5.82 Å². The number of amidine groups is 1. The first-order valence-electron chi connectivity index (χ1n) is 8.20. The van der Waals surface area contributed by atoms with E-state index in [9.17, 15) is 9.50 Å². The van der Waals surface area contributed by atoms with Crippen molar-refractivity contribution in [3.05, 3.63) is 48.7 Å². The van der Waals surface area contributed by atoms with Crippen LogP contribution in [-0.4, -0.2) is 55.3 Å². The molecule has 3 aromatic rings. The number of aliphatic hydroxyl groups excluding tert-OH is 1. The Morgan fingerprint density at radius 2 is 2.22 bits per heavy atom. The SMILES string of the molecule is CC(N)=NC[C@H](O)CNc1ccc(-c2ccc(-n3cnnn3)nc2)c(F)c1. The Kier molecular flexibility index (Phi) is 5.67. The highest BCUT2D eigenvalue weighted by Crippen LogP contribution is 2.25. The van der Waals surface area contributed by atoms with Gasteiger partial charge in [0, 0.05) is 29.6 Å². The zero-order valence-electron chi connectivity index (χ0n) is 14.6. The minimum atomic E-state index is -0.714. The fraction of sp³-hybridized carbons (Fsp3) is 0.235. The summed E-state index contributed by atoms with van der Waals surface area (Å²) in [4.78, 5) is 8.18. The average Bonchev–Trinajstić information content (AvgIpc) is 3.20. The lowest BCUT2D eigenvalue weighted by atomic mass is 10.1. The molecule has 4 N–H and O–H groups in total. The number of tetrazole rings is 1. The van der Waals surface area contributed by atoms with Gasteiger partial charge in [-0.15, -0.1) is 5.10 Å². The minimum absolute atomic E-state index is 0.190. The monoisotopic (exact) mass is 370 g/mol. The van der Waals surface area contributed by atoms with Crippen LogP contribution in [-0.2, 0) is 0 Å². The zero-order chi connectivity index (χ0) is 19.2. The van der Waals surface area contributed by atoms with E-state index in [2.05, 4.69) is 30.8 Å². The quantitative estimate of drug-likeness (QED) is 0.418. The lowest BCUT2D eigenvalue weighted by Gasteiger charge is -2.12. The molecule has 0 unspecified atom stereocenters. The van der Waals surface area contributed by atoms with Gasteiger partial charge in [-0.3, -0.25) is 4.99 Å². The number of aromatic nitrogens is 5. The smallest absolute Gasteiger partial charge is 0.156 e. The number of nitrogens with one attached hydrogen (secondary N) is 1. The van der Waals surface area contributed by atoms with Crippen LogP contribution in [0.1, 0.15) is 6.92 Å². The maximum absolute atomic E-state index is 14.5. The molecule has 10 heteroatoms. The van der Waals surface area contributed by atoms with Gasteiger partial charge in [-0.05, 0) is 47.7 Å². The Morgan fingerprint density at radius 3 is 2.85 bits per heavy atom. The second-order valence-electron chi connectivity index (χ2n) is 5.87. The largest absolute Gasteiger partial charge is 0.389 e. The van der Waals surface area contributed by atoms with Gasteiger partial charge < -0.3 is 16.2 Å². The molecule has 0 fully saturated rings. The number of aliphatic imine (C=N–C) groups is 1. The fourth-order valence-electron chi connectivity index (χ4n) is 2.36. The third-order valence-corrected chi connectivity index (χ3v) is 3.70. The van der Waals surface area contributed by atoms with Crippen molar-refractivity contribution in [2.75, 3.05) is 18.4 Å². The van der Waals surface area contributed by atoms with Crippen LogP contribution < -0.4 is 11.1 Å². The summed E-state index contributed by atoms with van der Waals surface area (Å²) < 4.78 is 15.9. The van der Waals surface area contributed by atoms with Crippen molar-refractivity contribution in [1.29, 1.82) is 0 Å². The highest BCUT2D eigenvalue weighted by Gasteiger charge is 2.09. The molecule has 2 heterocycles. The number of benzene rings is 1. The van der Waals surface area contributed by atoms with E-state index in [0.717, 1.165) is 0 Å². The molecule has 1 atom stereocenters. The lowest BCUT2D eigenvalue weighted by molar-refractivity contribution is 0.196. The zero-order valence-corrected chi connectivity index (χ0v) is 14.6. The van der Waals surface area contributed by atoms with Crippen molar-refractivity contribution >= 4 is 11.5 Å². The van der Waals surface area contributed by atoms with E-state index in [1.165, 1.54) is 17.1 Å². The molecule has 0 aliphatic carbocycles. The molecule has 140 valence electrons. The summed E-state index contributed by atoms with van der Waals surface area (Å²) in [5, 5.41) is 23.6. The predicted octanol–water partition coefficient (Wildman–Crippen LogP) is 1.01. The first-order valence-corrected chi connectivity index (χ1v) is 8.20. The topological polar surface area (TPSA) is 127 Å². The number of hydrogen-bond donors (Lipinski definition) is 3. The average molecular weight is 370 g/mol. The second kappa shape index (κ2) is 8.32. The molecule has 0 amide bonds. The van der Waals surface area contributed by atoms with Crippen molar-refractivity contribution in [3.63, 3.8) is 0 Å². The number of halogens is 1. The molecule has 0 aliphatic heterocycles. The number of anilines is 1. The van der Waals surface area contributed by atoms with Crippen molar-refractivity contribution in [2.45, 2.75) is 13.0 Å². The van der Waals surface area contributed by atoms with Crippen LogP contribution in [0.5, 0.6) is 0 Å². The van der Waals surface area contributed by atoms with Gasteiger partial charge in [0.1, 0.15) is 12.1 Å². The summed E-state index contributed by atoms with van der Waals surface area (Å²) in [6, 6.07) is 8.20. The van der Waals surface area contributed by atoms with Gasteiger partial charge in [-0.1, -0.05) is 0 Å². The van der Waals surface area contributed by atoms with Crippen molar-refractivity contribution in [1.82, 2.24) is 25.2 Å². The predicted molar refractivity (Wildman–Crippen MR) is 99.0 cm³/mol. The molecule has 0 saturated heterocycles. The Bertz CT molecular complexity index is 907.